The number of nitrogens with one attached hydrogen (secondary N) is 2. The van der Waals surface area contributed by atoms with E-state index in [9.17, 15) is 9.59 Å². The van der Waals surface area contributed by atoms with Crippen molar-refractivity contribution in [3.63, 3.8) is 0 Å². The van der Waals surface area contributed by atoms with Gasteiger partial charge in [-0.05, 0) is 13.0 Å². The van der Waals surface area contributed by atoms with E-state index in [1.54, 1.807) is 14.0 Å². The highest BCUT2D eigenvalue weighted by atomic mass is 16.5. The van der Waals surface area contributed by atoms with Crippen molar-refractivity contribution in [3.05, 3.63) is 51.9 Å². The van der Waals surface area contributed by atoms with E-state index in [1.165, 1.54) is 10.6 Å². The normalized spacial score (nSPS) is 10.7. The van der Waals surface area contributed by atoms with Gasteiger partial charge in [-0.25, -0.2) is 4.98 Å². The summed E-state index contributed by atoms with van der Waals surface area (Å²) in [5.74, 6) is 0.880. The van der Waals surface area contributed by atoms with Gasteiger partial charge in [0.25, 0.3) is 11.3 Å². The minimum atomic E-state index is -0.436. The third kappa shape index (κ3) is 3.82. The van der Waals surface area contributed by atoms with Crippen molar-refractivity contribution in [2.24, 2.45) is 0 Å². The number of aromatic nitrogens is 4. The van der Waals surface area contributed by atoms with Crippen molar-refractivity contribution in [2.75, 3.05) is 19.0 Å². The Morgan fingerprint density at radius 3 is 2.88 bits per heavy atom. The van der Waals surface area contributed by atoms with Crippen LogP contribution in [0.15, 0.2) is 35.1 Å². The third-order valence-electron chi connectivity index (χ3n) is 3.65. The molecule has 136 valence electrons. The van der Waals surface area contributed by atoms with Crippen LogP contribution in [0, 0.1) is 0 Å². The summed E-state index contributed by atoms with van der Waals surface area (Å²) in [6.45, 7) is 2.45. The molecule has 0 fully saturated rings. The number of carbonyl (C=O) groups is 1. The zero-order valence-corrected chi connectivity index (χ0v) is 14.5. The average Bonchev–Trinajstić information content (AvgIpc) is 3.04. The van der Waals surface area contributed by atoms with Crippen LogP contribution in [-0.2, 0) is 22.5 Å². The Labute approximate surface area is 149 Å². The molecule has 0 bridgehead atoms. The van der Waals surface area contributed by atoms with Crippen molar-refractivity contribution < 1.29 is 14.3 Å². The molecule has 0 aliphatic heterocycles. The van der Waals surface area contributed by atoms with E-state index in [0.717, 1.165) is 11.3 Å². The summed E-state index contributed by atoms with van der Waals surface area (Å²) in [5.41, 5.74) is 0.905. The Bertz CT molecular complexity index is 979. The van der Waals surface area contributed by atoms with E-state index in [2.05, 4.69) is 20.4 Å². The number of H-pyrrole nitrogens is 1. The Hall–Kier alpha value is -3.36. The molecule has 2 aromatic heterocycles. The second-order valence-electron chi connectivity index (χ2n) is 5.44. The topological polar surface area (TPSA) is 111 Å². The van der Waals surface area contributed by atoms with Crippen molar-refractivity contribution in [3.8, 4) is 5.75 Å². The van der Waals surface area contributed by atoms with Crippen LogP contribution in [0.1, 0.15) is 18.2 Å². The van der Waals surface area contributed by atoms with Crippen molar-refractivity contribution in [2.45, 2.75) is 19.9 Å². The second-order valence-corrected chi connectivity index (χ2v) is 5.44. The average molecular weight is 357 g/mol. The molecule has 1 aromatic carbocycles. The number of ether oxygens (including phenoxy) is 2. The van der Waals surface area contributed by atoms with Crippen LogP contribution in [-0.4, -0.2) is 39.3 Å². The number of anilines is 1. The summed E-state index contributed by atoms with van der Waals surface area (Å²) >= 11 is 0. The molecule has 3 aromatic rings. The fraction of sp³-hybridized carbons (Fsp3) is 0.294. The number of nitrogens with zero attached hydrogens (tertiary/aromatic N) is 3. The van der Waals surface area contributed by atoms with Crippen molar-refractivity contribution in [1.82, 2.24) is 19.6 Å². The Kier molecular flexibility index (Phi) is 5.16. The van der Waals surface area contributed by atoms with Gasteiger partial charge in [-0.1, -0.05) is 18.2 Å². The maximum Gasteiger partial charge on any atom is 0.311 e. The lowest BCUT2D eigenvalue weighted by atomic mass is 10.2. The molecule has 0 saturated heterocycles. The fourth-order valence-corrected chi connectivity index (χ4v) is 2.48. The van der Waals surface area contributed by atoms with Crippen LogP contribution in [0.25, 0.3) is 5.78 Å². The highest BCUT2D eigenvalue weighted by Crippen LogP contribution is 2.18. The van der Waals surface area contributed by atoms with Gasteiger partial charge in [0.2, 0.25) is 5.95 Å². The molecule has 3 rings (SSSR count). The summed E-state index contributed by atoms with van der Waals surface area (Å²) in [6.07, 6.45) is -0.0730. The smallest absolute Gasteiger partial charge is 0.311 e. The molecule has 0 aliphatic rings. The molecular weight excluding hydrogens is 338 g/mol. The number of methoxy groups -OCH3 is 1. The van der Waals surface area contributed by atoms with E-state index >= 15 is 0 Å². The number of fused-ring (bicyclic) bond motifs is 1. The van der Waals surface area contributed by atoms with Gasteiger partial charge < -0.3 is 14.8 Å². The van der Waals surface area contributed by atoms with Crippen LogP contribution in [0.5, 0.6) is 5.75 Å². The van der Waals surface area contributed by atoms with E-state index in [-0.39, 0.29) is 24.4 Å². The molecule has 0 radical (unpaired) electrons. The summed E-state index contributed by atoms with van der Waals surface area (Å²) in [7, 11) is 1.61. The maximum atomic E-state index is 12.2. The van der Waals surface area contributed by atoms with Crippen LogP contribution in [0.3, 0.4) is 0 Å². The first-order chi connectivity index (χ1) is 12.6. The van der Waals surface area contributed by atoms with Gasteiger partial charge >= 0.3 is 5.97 Å². The molecule has 0 unspecified atom stereocenters. The van der Waals surface area contributed by atoms with E-state index in [4.69, 9.17) is 9.47 Å². The summed E-state index contributed by atoms with van der Waals surface area (Å²) in [4.78, 5) is 32.2. The van der Waals surface area contributed by atoms with Gasteiger partial charge in [0, 0.05) is 18.2 Å². The van der Waals surface area contributed by atoms with Crippen LogP contribution in [0.2, 0.25) is 0 Å². The third-order valence-corrected chi connectivity index (χ3v) is 3.65. The summed E-state index contributed by atoms with van der Waals surface area (Å²) in [5, 5.41) is 5.93. The molecule has 0 aliphatic carbocycles. The molecule has 2 heterocycles. The quantitative estimate of drug-likeness (QED) is 0.610. The molecule has 2 N–H and O–H groups in total. The molecule has 0 spiro atoms. The number of para-hydroxylation sites is 1. The standard InChI is InChI=1S/C17H19N5O4/c1-3-26-15(24)9-12-8-14(23)22-17(19-12)20-16(21-22)18-10-11-6-4-5-7-13(11)25-2/h4-8H,3,9-10H2,1-2H3,(H2,18,19,20,21). The number of rotatable bonds is 7. The summed E-state index contributed by atoms with van der Waals surface area (Å²) in [6, 6.07) is 8.87. The molecule has 0 amide bonds. The zero-order chi connectivity index (χ0) is 18.5. The molecule has 0 saturated carbocycles. The van der Waals surface area contributed by atoms with Gasteiger partial charge in [0.15, 0.2) is 0 Å². The predicted octanol–water partition coefficient (Wildman–Crippen LogP) is 1.14. The number of benzene rings is 1. The predicted molar refractivity (Wildman–Crippen MR) is 94.3 cm³/mol. The Balaban J connectivity index is 1.79. The SMILES string of the molecule is CCOC(=O)Cc1cc(=O)n2[nH]c(NCc3ccccc3OC)nc2n1. The highest BCUT2D eigenvalue weighted by molar-refractivity contribution is 5.72. The summed E-state index contributed by atoms with van der Waals surface area (Å²) < 4.78 is 11.4. The van der Waals surface area contributed by atoms with Gasteiger partial charge in [-0.15, -0.1) is 0 Å². The number of aromatic amines is 1. The molecule has 9 nitrogen and oxygen atoms in total. The molecular formula is C17H19N5O4. The van der Waals surface area contributed by atoms with Crippen LogP contribution < -0.4 is 15.6 Å². The highest BCUT2D eigenvalue weighted by Gasteiger charge is 2.12. The number of esters is 1. The first kappa shape index (κ1) is 17.5. The Morgan fingerprint density at radius 1 is 1.31 bits per heavy atom. The second kappa shape index (κ2) is 7.68. The number of hydrogen-bond acceptors (Lipinski definition) is 7. The zero-order valence-electron chi connectivity index (χ0n) is 14.5. The van der Waals surface area contributed by atoms with Gasteiger partial charge in [0.1, 0.15) is 5.75 Å². The first-order valence-electron chi connectivity index (χ1n) is 8.10. The van der Waals surface area contributed by atoms with Gasteiger partial charge in [-0.2, -0.15) is 9.50 Å². The van der Waals surface area contributed by atoms with Crippen molar-refractivity contribution in [1.29, 1.82) is 0 Å². The van der Waals surface area contributed by atoms with Crippen LogP contribution in [0.4, 0.5) is 5.95 Å². The van der Waals surface area contributed by atoms with Crippen molar-refractivity contribution >= 4 is 17.7 Å². The van der Waals surface area contributed by atoms with Crippen LogP contribution >= 0.6 is 0 Å². The molecule has 26 heavy (non-hydrogen) atoms. The van der Waals surface area contributed by atoms with Gasteiger partial charge in [0.05, 0.1) is 25.8 Å². The van der Waals surface area contributed by atoms with E-state index < -0.39 is 5.97 Å². The number of carbonyl (C=O) groups excluding carboxylic acids is 1. The molecule has 9 heteroatoms. The first-order valence-corrected chi connectivity index (χ1v) is 8.10. The largest absolute Gasteiger partial charge is 0.496 e. The lowest BCUT2D eigenvalue weighted by Crippen LogP contribution is -2.18. The minimum absolute atomic E-state index is 0.0730. The van der Waals surface area contributed by atoms with E-state index in [1.807, 2.05) is 24.3 Å². The van der Waals surface area contributed by atoms with E-state index in [0.29, 0.717) is 18.2 Å². The minimum Gasteiger partial charge on any atom is -0.496 e. The lowest BCUT2D eigenvalue weighted by Gasteiger charge is -2.08. The fourth-order valence-electron chi connectivity index (χ4n) is 2.48. The molecule has 0 atom stereocenters. The Morgan fingerprint density at radius 2 is 2.12 bits per heavy atom. The maximum absolute atomic E-state index is 12.2. The monoisotopic (exact) mass is 357 g/mol. The number of hydrogen-bond donors (Lipinski definition) is 2. The lowest BCUT2D eigenvalue weighted by molar-refractivity contribution is -0.142. The van der Waals surface area contributed by atoms with Gasteiger partial charge in [-0.3, -0.25) is 14.7 Å².